The molecule has 14 nitrogen and oxygen atoms in total. The van der Waals surface area contributed by atoms with Crippen LogP contribution in [0.2, 0.25) is 0 Å². The number of benzene rings is 6. The molecule has 352 valence electrons. The Kier molecular flexibility index (Phi) is 18.0. The molecule has 0 radical (unpaired) electrons. The highest BCUT2D eigenvalue weighted by molar-refractivity contribution is 6.01. The normalized spacial score (nSPS) is 12.6. The van der Waals surface area contributed by atoms with Crippen molar-refractivity contribution in [2.45, 2.75) is 70.7 Å². The molecule has 0 saturated heterocycles. The van der Waals surface area contributed by atoms with E-state index in [1.165, 1.54) is 12.1 Å². The molecule has 2 amide bonds. The van der Waals surface area contributed by atoms with E-state index in [2.05, 4.69) is 10.6 Å². The number of ether oxygens (including phenoxy) is 1. The fourth-order valence-electron chi connectivity index (χ4n) is 7.58. The monoisotopic (exact) mass is 922 g/mol. The Morgan fingerprint density at radius 1 is 0.529 bits per heavy atom. The van der Waals surface area contributed by atoms with Crippen LogP contribution in [0, 0.1) is 6.92 Å². The third kappa shape index (κ3) is 13.3. The van der Waals surface area contributed by atoms with Crippen LogP contribution in [0.15, 0.2) is 146 Å². The number of esters is 1. The van der Waals surface area contributed by atoms with Gasteiger partial charge >= 0.3 is 23.9 Å². The molecule has 4 atom stereocenters. The maximum absolute atomic E-state index is 13.2. The summed E-state index contributed by atoms with van der Waals surface area (Å²) < 4.78 is 4.94. The summed E-state index contributed by atoms with van der Waals surface area (Å²) in [5, 5.41) is 54.7. The van der Waals surface area contributed by atoms with Crippen LogP contribution >= 0.6 is 0 Å². The molecule has 6 rings (SSSR count). The van der Waals surface area contributed by atoms with Crippen LogP contribution < -0.4 is 10.6 Å². The third-order valence-corrected chi connectivity index (χ3v) is 11.1. The second-order valence-electron chi connectivity index (χ2n) is 16.2. The van der Waals surface area contributed by atoms with Crippen LogP contribution in [0.5, 0.6) is 0 Å². The number of carbonyl (C=O) groups excluding carboxylic acids is 3. The van der Waals surface area contributed by atoms with E-state index in [-0.39, 0.29) is 47.6 Å². The van der Waals surface area contributed by atoms with Gasteiger partial charge in [0.05, 0.1) is 29.8 Å². The highest BCUT2D eigenvalue weighted by Gasteiger charge is 2.31. The van der Waals surface area contributed by atoms with Crippen LogP contribution in [0.1, 0.15) is 90.4 Å². The number of aliphatic hydroxyl groups is 2. The number of aryl methyl sites for hydroxylation is 1. The predicted molar refractivity (Wildman–Crippen MR) is 256 cm³/mol. The molecular weight excluding hydrogens is 869 g/mol. The molecule has 0 unspecified atom stereocenters. The molecule has 0 fully saturated rings. The van der Waals surface area contributed by atoms with Gasteiger partial charge in [-0.2, -0.15) is 0 Å². The van der Waals surface area contributed by atoms with Crippen molar-refractivity contribution >= 4 is 35.7 Å². The molecule has 0 heterocycles. The van der Waals surface area contributed by atoms with E-state index in [0.29, 0.717) is 22.3 Å². The first-order chi connectivity index (χ1) is 32.5. The number of carboxylic acids is 3. The van der Waals surface area contributed by atoms with E-state index in [1.807, 2.05) is 57.2 Å². The minimum absolute atomic E-state index is 0.0635. The highest BCUT2D eigenvalue weighted by atomic mass is 16.5. The van der Waals surface area contributed by atoms with Crippen molar-refractivity contribution in [1.82, 2.24) is 10.6 Å². The summed E-state index contributed by atoms with van der Waals surface area (Å²) in [5.41, 5.74) is 6.22. The van der Waals surface area contributed by atoms with E-state index in [9.17, 15) is 54.3 Å². The van der Waals surface area contributed by atoms with Gasteiger partial charge in [0, 0.05) is 11.1 Å². The molecule has 0 aliphatic heterocycles. The second kappa shape index (κ2) is 24.0. The maximum Gasteiger partial charge on any atom is 0.337 e. The van der Waals surface area contributed by atoms with Gasteiger partial charge < -0.3 is 40.9 Å². The summed E-state index contributed by atoms with van der Waals surface area (Å²) >= 11 is 0. The summed E-state index contributed by atoms with van der Waals surface area (Å²) in [5.74, 6) is -5.40. The minimum Gasteiger partial charge on any atom is -0.479 e. The summed E-state index contributed by atoms with van der Waals surface area (Å²) in [4.78, 5) is 73.4. The lowest BCUT2D eigenvalue weighted by Crippen LogP contribution is -2.48. The van der Waals surface area contributed by atoms with Crippen molar-refractivity contribution in [3.05, 3.63) is 190 Å². The smallest absolute Gasteiger partial charge is 0.337 e. The first kappa shape index (κ1) is 51.1. The van der Waals surface area contributed by atoms with Gasteiger partial charge in [-0.3, -0.25) is 9.59 Å². The number of aromatic carboxylic acids is 2. The average Bonchev–Trinajstić information content (AvgIpc) is 3.33. The summed E-state index contributed by atoms with van der Waals surface area (Å²) in [7, 11) is 0. The number of rotatable bonds is 18. The quantitative estimate of drug-likeness (QED) is 0.0413. The topological polar surface area (TPSA) is 237 Å². The third-order valence-electron chi connectivity index (χ3n) is 11.1. The van der Waals surface area contributed by atoms with Crippen LogP contribution in [-0.4, -0.2) is 92.1 Å². The van der Waals surface area contributed by atoms with Crippen molar-refractivity contribution in [2.24, 2.45) is 0 Å². The minimum atomic E-state index is -1.80. The average molecular weight is 923 g/mol. The largest absolute Gasteiger partial charge is 0.479 e. The summed E-state index contributed by atoms with van der Waals surface area (Å²) in [6, 6.07) is 39.3. The zero-order chi connectivity index (χ0) is 49.5. The Labute approximate surface area is 393 Å². The Bertz CT molecular complexity index is 2740. The number of carbonyl (C=O) groups is 6. The lowest BCUT2D eigenvalue weighted by atomic mass is 9.88. The molecule has 0 aliphatic rings. The second-order valence-corrected chi connectivity index (χ2v) is 16.2. The molecule has 0 spiro atoms. The van der Waals surface area contributed by atoms with Gasteiger partial charge in [0.15, 0.2) is 12.2 Å². The lowest BCUT2D eigenvalue weighted by Gasteiger charge is -2.23. The Morgan fingerprint density at radius 3 is 1.41 bits per heavy atom. The molecule has 6 aromatic rings. The number of nitrogens with one attached hydrogen (secondary N) is 2. The Morgan fingerprint density at radius 2 is 0.956 bits per heavy atom. The molecular formula is C54H54N2O12. The lowest BCUT2D eigenvalue weighted by molar-refractivity contribution is -0.154. The van der Waals surface area contributed by atoms with E-state index in [4.69, 9.17) is 4.74 Å². The molecule has 0 saturated carbocycles. The fourth-order valence-corrected chi connectivity index (χ4v) is 7.58. The molecule has 6 aromatic carbocycles. The standard InChI is InChI=1S/2C27H27NO6/c1-16(2)19-13-12-18(15-22(19)20-10-6-7-11-21(20)26(31)32)25(30)28-23(24(29)27(33)34)14-17-8-4-3-5-9-17;1-3-34-27(33)24(29)23(15-18-9-5-4-6-10-18)28-25(30)19-14-13-17(2)22(16-19)20-11-7-8-12-21(20)26(31)32/h3-13,15-16,23-24,29H,14H2,1-2H3,(H,28,30)(H,31,32)(H,33,34);4-14,16,23-24,29H,3,15H2,1-2H3,(H,28,30)(H,31,32)/t2*23-,24-/m11/s1. The number of carboxylic acid groups (broad SMARTS) is 3. The van der Waals surface area contributed by atoms with Gasteiger partial charge in [-0.05, 0) is 114 Å². The molecule has 14 heteroatoms. The van der Waals surface area contributed by atoms with E-state index in [1.54, 1.807) is 104 Å². The number of aliphatic hydroxyl groups excluding tert-OH is 2. The molecule has 68 heavy (non-hydrogen) atoms. The van der Waals surface area contributed by atoms with Gasteiger partial charge in [-0.25, -0.2) is 19.2 Å². The van der Waals surface area contributed by atoms with Crippen molar-refractivity contribution in [3.8, 4) is 22.3 Å². The van der Waals surface area contributed by atoms with Crippen LogP contribution in [-0.2, 0) is 27.2 Å². The van der Waals surface area contributed by atoms with Gasteiger partial charge in [0.25, 0.3) is 11.8 Å². The first-order valence-electron chi connectivity index (χ1n) is 21.9. The Hall–Kier alpha value is -7.94. The van der Waals surface area contributed by atoms with E-state index in [0.717, 1.165) is 22.3 Å². The van der Waals surface area contributed by atoms with E-state index < -0.39 is 60.0 Å². The summed E-state index contributed by atoms with van der Waals surface area (Å²) in [6.07, 6.45) is -3.01. The van der Waals surface area contributed by atoms with Crippen molar-refractivity contribution in [2.75, 3.05) is 6.61 Å². The van der Waals surface area contributed by atoms with Crippen molar-refractivity contribution < 1.29 is 59.0 Å². The number of aliphatic carboxylic acids is 1. The summed E-state index contributed by atoms with van der Waals surface area (Å²) in [6.45, 7) is 7.52. The van der Waals surface area contributed by atoms with E-state index >= 15 is 0 Å². The van der Waals surface area contributed by atoms with Crippen molar-refractivity contribution in [1.29, 1.82) is 0 Å². The molecule has 0 aromatic heterocycles. The van der Waals surface area contributed by atoms with Crippen molar-refractivity contribution in [3.63, 3.8) is 0 Å². The van der Waals surface area contributed by atoms with Gasteiger partial charge in [0.2, 0.25) is 0 Å². The van der Waals surface area contributed by atoms with Crippen LogP contribution in [0.3, 0.4) is 0 Å². The zero-order valence-electron chi connectivity index (χ0n) is 38.0. The first-order valence-corrected chi connectivity index (χ1v) is 21.9. The van der Waals surface area contributed by atoms with Gasteiger partial charge in [0.1, 0.15) is 0 Å². The maximum atomic E-state index is 13.2. The number of amides is 2. The predicted octanol–water partition coefficient (Wildman–Crippen LogP) is 7.59. The fraction of sp³-hybridized carbons (Fsp3) is 0.222. The number of hydrogen-bond acceptors (Lipinski definition) is 9. The van der Waals surface area contributed by atoms with Crippen LogP contribution in [0.4, 0.5) is 0 Å². The number of hydrogen-bond donors (Lipinski definition) is 7. The highest BCUT2D eigenvalue weighted by Crippen LogP contribution is 2.33. The molecule has 0 aliphatic carbocycles. The SMILES string of the molecule is CC(C)c1ccc(C(=O)N[C@H](Cc2ccccc2)[C@@H](O)C(=O)O)cc1-c1ccccc1C(=O)O.CCOC(=O)[C@H](O)[C@@H](Cc1ccccc1)NC(=O)c1ccc(C)c(-c2ccccc2C(=O)O)c1. The molecule has 7 N–H and O–H groups in total. The van der Waals surface area contributed by atoms with Gasteiger partial charge in [-0.1, -0.05) is 123 Å². The molecule has 0 bridgehead atoms. The van der Waals surface area contributed by atoms with Gasteiger partial charge in [-0.15, -0.1) is 0 Å². The zero-order valence-corrected chi connectivity index (χ0v) is 38.0. The Balaban J connectivity index is 0.000000254. The van der Waals surface area contributed by atoms with Crippen LogP contribution in [0.25, 0.3) is 22.3 Å².